The van der Waals surface area contributed by atoms with Crippen LogP contribution in [0.2, 0.25) is 5.02 Å². The molecule has 0 radical (unpaired) electrons. The molecule has 1 saturated heterocycles. The van der Waals surface area contributed by atoms with Gasteiger partial charge < -0.3 is 14.8 Å². The van der Waals surface area contributed by atoms with Crippen molar-refractivity contribution in [2.45, 2.75) is 76.8 Å². The normalized spacial score (nSPS) is 20.1. The van der Waals surface area contributed by atoms with Gasteiger partial charge in [0.05, 0.1) is 12.0 Å². The van der Waals surface area contributed by atoms with E-state index in [1.165, 1.54) is 41.5 Å². The van der Waals surface area contributed by atoms with Crippen LogP contribution in [0, 0.1) is 12.8 Å². The smallest absolute Gasteiger partial charge is 0.317 e. The molecular formula is C32H38ClN5O. The molecular weight excluding hydrogens is 506 g/mol. The van der Waals surface area contributed by atoms with Crippen LogP contribution in [0.3, 0.4) is 0 Å². The number of aromatic nitrogens is 3. The van der Waals surface area contributed by atoms with E-state index in [9.17, 15) is 4.79 Å². The van der Waals surface area contributed by atoms with Gasteiger partial charge in [0.2, 0.25) is 0 Å². The zero-order chi connectivity index (χ0) is 26.8. The Balaban J connectivity index is 1.26. The van der Waals surface area contributed by atoms with Crippen LogP contribution in [0.15, 0.2) is 49.1 Å². The van der Waals surface area contributed by atoms with E-state index in [1.807, 2.05) is 35.8 Å². The molecule has 1 unspecified atom stereocenters. The van der Waals surface area contributed by atoms with Crippen molar-refractivity contribution in [3.8, 4) is 0 Å². The minimum Gasteiger partial charge on any atom is -0.335 e. The first-order valence-electron chi connectivity index (χ1n) is 14.5. The monoisotopic (exact) mass is 543 g/mol. The number of likely N-dealkylation sites (tertiary alicyclic amines) is 1. The number of pyridine rings is 1. The number of nitrogens with zero attached hydrogens (tertiary/aromatic N) is 4. The fourth-order valence-electron chi connectivity index (χ4n) is 6.80. The van der Waals surface area contributed by atoms with Crippen LogP contribution in [-0.2, 0) is 6.54 Å². The Labute approximate surface area is 236 Å². The highest BCUT2D eigenvalue weighted by molar-refractivity contribution is 6.30. The summed E-state index contributed by atoms with van der Waals surface area (Å²) in [5.41, 5.74) is 7.29. The van der Waals surface area contributed by atoms with E-state index in [1.54, 1.807) is 0 Å². The summed E-state index contributed by atoms with van der Waals surface area (Å²) in [6, 6.07) is 11.1. The molecule has 3 heterocycles. The summed E-state index contributed by atoms with van der Waals surface area (Å²) in [6.07, 6.45) is 16.8. The Bertz CT molecular complexity index is 1350. The number of rotatable bonds is 5. The third-order valence-corrected chi connectivity index (χ3v) is 9.20. The van der Waals surface area contributed by atoms with Gasteiger partial charge in [-0.15, -0.1) is 0 Å². The second-order valence-electron chi connectivity index (χ2n) is 11.4. The summed E-state index contributed by atoms with van der Waals surface area (Å²) in [5.74, 6) is 0.571. The van der Waals surface area contributed by atoms with Crippen LogP contribution in [-0.4, -0.2) is 44.6 Å². The number of allylic oxidation sites excluding steroid dienone is 1. The van der Waals surface area contributed by atoms with Crippen LogP contribution in [0.4, 0.5) is 4.79 Å². The minimum atomic E-state index is 0.116. The number of aryl methyl sites for hydroxylation is 2. The van der Waals surface area contributed by atoms with E-state index in [-0.39, 0.29) is 11.9 Å². The van der Waals surface area contributed by atoms with Gasteiger partial charge in [-0.3, -0.25) is 4.98 Å². The first-order chi connectivity index (χ1) is 19.1. The lowest BCUT2D eigenvalue weighted by molar-refractivity contribution is 0.160. The number of nitrogens with one attached hydrogen (secondary N) is 1. The standard InChI is InChI=1S/C32H38ClN5O/c1-22-20-34-21-38(22)17-13-24-18-25-6-5-14-35-31(25)30(28-10-9-26(33)19-29(24)28)23-11-15-37(16-12-23)32(39)36-27-7-3-2-4-8-27/h5-6,9-10,14,18-21,23,27,30H,2-4,7-8,11-13,15-17H2,1H3,(H,36,39). The lowest BCUT2D eigenvalue weighted by Crippen LogP contribution is -2.48. The maximum atomic E-state index is 13.0. The molecule has 6 nitrogen and oxygen atoms in total. The summed E-state index contributed by atoms with van der Waals surface area (Å²) in [4.78, 5) is 24.3. The van der Waals surface area contributed by atoms with Gasteiger partial charge >= 0.3 is 6.03 Å². The SMILES string of the molecule is Cc1cncn1CCC1=Cc2cccnc2C(C2CCN(C(=O)NC3CCCCC3)CC2)c2ccc(Cl)cc21. The summed E-state index contributed by atoms with van der Waals surface area (Å²) >= 11 is 6.59. The summed E-state index contributed by atoms with van der Waals surface area (Å²) < 4.78 is 2.20. The lowest BCUT2D eigenvalue weighted by atomic mass is 9.76. The molecule has 7 heteroatoms. The van der Waals surface area contributed by atoms with Gasteiger partial charge in [-0.25, -0.2) is 9.78 Å². The van der Waals surface area contributed by atoms with Gasteiger partial charge in [-0.2, -0.15) is 0 Å². The van der Waals surface area contributed by atoms with Gasteiger partial charge in [0.25, 0.3) is 0 Å². The third-order valence-electron chi connectivity index (χ3n) is 8.97. The molecule has 1 saturated carbocycles. The van der Waals surface area contributed by atoms with Crippen molar-refractivity contribution >= 4 is 29.3 Å². The molecule has 3 aliphatic rings. The van der Waals surface area contributed by atoms with E-state index in [2.05, 4.69) is 46.1 Å². The summed E-state index contributed by atoms with van der Waals surface area (Å²) in [7, 11) is 0. The highest BCUT2D eigenvalue weighted by Crippen LogP contribution is 2.45. The second-order valence-corrected chi connectivity index (χ2v) is 11.9. The molecule has 0 bridgehead atoms. The third kappa shape index (κ3) is 5.62. The van der Waals surface area contributed by atoms with Crippen molar-refractivity contribution in [2.75, 3.05) is 13.1 Å². The topological polar surface area (TPSA) is 63.1 Å². The van der Waals surface area contributed by atoms with Crippen molar-refractivity contribution in [3.63, 3.8) is 0 Å². The van der Waals surface area contributed by atoms with Crippen LogP contribution in [0.25, 0.3) is 11.6 Å². The molecule has 6 rings (SSSR count). The first-order valence-corrected chi connectivity index (χ1v) is 14.9. The fourth-order valence-corrected chi connectivity index (χ4v) is 6.97. The van der Waals surface area contributed by atoms with Gasteiger partial charge in [-0.1, -0.05) is 43.0 Å². The van der Waals surface area contributed by atoms with Crippen molar-refractivity contribution in [3.05, 3.63) is 82.2 Å². The highest BCUT2D eigenvalue weighted by atomic mass is 35.5. The number of hydrogen-bond acceptors (Lipinski definition) is 3. The average Bonchev–Trinajstić information content (AvgIpc) is 3.32. The Morgan fingerprint density at radius 3 is 2.69 bits per heavy atom. The number of carbonyl (C=O) groups is 1. The first kappa shape index (κ1) is 26.1. The van der Waals surface area contributed by atoms with E-state index in [4.69, 9.17) is 16.6 Å². The largest absolute Gasteiger partial charge is 0.335 e. The van der Waals surface area contributed by atoms with Gasteiger partial charge in [0, 0.05) is 54.7 Å². The predicted molar refractivity (Wildman–Crippen MR) is 157 cm³/mol. The molecule has 3 aromatic rings. The predicted octanol–water partition coefficient (Wildman–Crippen LogP) is 7.07. The van der Waals surface area contributed by atoms with Gasteiger partial charge in [0.1, 0.15) is 0 Å². The van der Waals surface area contributed by atoms with Gasteiger partial charge in [0.15, 0.2) is 0 Å². The molecule has 204 valence electrons. The highest BCUT2D eigenvalue weighted by Gasteiger charge is 2.35. The van der Waals surface area contributed by atoms with Crippen LogP contribution >= 0.6 is 11.6 Å². The summed E-state index contributed by atoms with van der Waals surface area (Å²) in [6.45, 7) is 4.52. The number of urea groups is 1. The van der Waals surface area contributed by atoms with Crippen molar-refractivity contribution in [2.24, 2.45) is 5.92 Å². The zero-order valence-electron chi connectivity index (χ0n) is 22.8. The van der Waals surface area contributed by atoms with Crippen molar-refractivity contribution in [1.29, 1.82) is 0 Å². The van der Waals surface area contributed by atoms with Crippen molar-refractivity contribution < 1.29 is 4.79 Å². The molecule has 2 amide bonds. The fraction of sp³-hybridized carbons (Fsp3) is 0.469. The Hall–Kier alpha value is -3.12. The molecule has 39 heavy (non-hydrogen) atoms. The van der Waals surface area contributed by atoms with Crippen LogP contribution in [0.5, 0.6) is 0 Å². The Morgan fingerprint density at radius 2 is 1.92 bits per heavy atom. The Morgan fingerprint density at radius 1 is 1.10 bits per heavy atom. The molecule has 2 aromatic heterocycles. The number of imidazole rings is 1. The van der Waals surface area contributed by atoms with Crippen LogP contribution < -0.4 is 5.32 Å². The maximum absolute atomic E-state index is 13.0. The van der Waals surface area contributed by atoms with Crippen LogP contribution in [0.1, 0.15) is 85.4 Å². The van der Waals surface area contributed by atoms with E-state index < -0.39 is 0 Å². The molecule has 1 aromatic carbocycles. The van der Waals surface area contributed by atoms with Gasteiger partial charge in [-0.05, 0) is 91.5 Å². The molecule has 1 aliphatic heterocycles. The number of amides is 2. The summed E-state index contributed by atoms with van der Waals surface area (Å²) in [5, 5.41) is 4.07. The maximum Gasteiger partial charge on any atom is 0.317 e. The number of halogens is 1. The Kier molecular flexibility index (Phi) is 7.73. The van der Waals surface area contributed by atoms with E-state index in [0.29, 0.717) is 12.0 Å². The van der Waals surface area contributed by atoms with E-state index >= 15 is 0 Å². The number of hydrogen-bond donors (Lipinski definition) is 1. The second kappa shape index (κ2) is 11.5. The zero-order valence-corrected chi connectivity index (χ0v) is 23.5. The minimum absolute atomic E-state index is 0.116. The number of fused-ring (bicyclic) bond motifs is 2. The molecule has 1 N–H and O–H groups in total. The number of benzene rings is 1. The molecule has 0 spiro atoms. The number of piperidine rings is 1. The average molecular weight is 544 g/mol. The molecule has 2 fully saturated rings. The number of carbonyl (C=O) groups excluding carboxylic acids is 1. The van der Waals surface area contributed by atoms with E-state index in [0.717, 1.165) is 68.1 Å². The quantitative estimate of drug-likeness (QED) is 0.374. The van der Waals surface area contributed by atoms with Crippen molar-refractivity contribution in [1.82, 2.24) is 24.8 Å². The molecule has 2 aliphatic carbocycles. The lowest BCUT2D eigenvalue weighted by Gasteiger charge is -2.37. The molecule has 1 atom stereocenters.